The third-order valence-corrected chi connectivity index (χ3v) is 7.38. The monoisotopic (exact) mass is 411 g/mol. The lowest BCUT2D eigenvalue weighted by atomic mass is 9.50. The average molecular weight is 412 g/mol. The van der Waals surface area contributed by atoms with E-state index in [1.54, 1.807) is 18.2 Å². The first-order chi connectivity index (χ1) is 13.0. The highest BCUT2D eigenvalue weighted by Crippen LogP contribution is 2.56. The number of nitrogens with one attached hydrogen (secondary N) is 1. The van der Waals surface area contributed by atoms with Crippen molar-refractivity contribution in [1.82, 2.24) is 5.32 Å². The molecule has 2 unspecified atom stereocenters. The van der Waals surface area contributed by atoms with Crippen LogP contribution in [0.2, 0.25) is 10.0 Å². The van der Waals surface area contributed by atoms with Crippen molar-refractivity contribution >= 4 is 29.1 Å². The average Bonchev–Trinajstić information content (AvgIpc) is 2.63. The molecule has 5 rings (SSSR count). The standard InChI is InChI=1S/C21H27Cl2NO3/c22-15-3-4-19(18(23)10-15)27-5-1-2-20(26)24-21-14-7-12-6-13(9-14)17(11-25)16(21)8-12/h3-4,10,12-14,16-17,21,25H,1-2,5-9,11H2,(H,24,26)/t12-,13+,14-,16+,17?,21?/m0/s1. The van der Waals surface area contributed by atoms with E-state index in [0.717, 1.165) is 5.92 Å². The number of carbonyl (C=O) groups excluding carboxylic acids is 1. The van der Waals surface area contributed by atoms with Gasteiger partial charge >= 0.3 is 0 Å². The smallest absolute Gasteiger partial charge is 0.220 e. The number of benzene rings is 1. The van der Waals surface area contributed by atoms with Crippen molar-refractivity contribution < 1.29 is 14.6 Å². The minimum Gasteiger partial charge on any atom is -0.492 e. The van der Waals surface area contributed by atoms with E-state index in [0.29, 0.717) is 58.9 Å². The van der Waals surface area contributed by atoms with Crippen LogP contribution in [0.5, 0.6) is 5.75 Å². The molecule has 0 aliphatic heterocycles. The van der Waals surface area contributed by atoms with Crippen LogP contribution in [0.1, 0.15) is 38.5 Å². The first-order valence-electron chi connectivity index (χ1n) is 10.0. The van der Waals surface area contributed by atoms with Crippen LogP contribution in [0.15, 0.2) is 18.2 Å². The fourth-order valence-corrected chi connectivity index (χ4v) is 6.28. The summed E-state index contributed by atoms with van der Waals surface area (Å²) in [5, 5.41) is 14.2. The quantitative estimate of drug-likeness (QED) is 0.657. The second kappa shape index (κ2) is 8.18. The van der Waals surface area contributed by atoms with E-state index in [-0.39, 0.29) is 18.6 Å². The molecule has 6 heteroatoms. The van der Waals surface area contributed by atoms with Crippen molar-refractivity contribution in [1.29, 1.82) is 0 Å². The van der Waals surface area contributed by atoms with Gasteiger partial charge in [-0.2, -0.15) is 0 Å². The molecule has 0 heterocycles. The zero-order valence-corrected chi connectivity index (χ0v) is 16.9. The molecule has 27 heavy (non-hydrogen) atoms. The van der Waals surface area contributed by atoms with Gasteiger partial charge in [0.15, 0.2) is 0 Å². The number of halogens is 2. The highest BCUT2D eigenvalue weighted by atomic mass is 35.5. The lowest BCUT2D eigenvalue weighted by Crippen LogP contribution is -2.60. The van der Waals surface area contributed by atoms with E-state index >= 15 is 0 Å². The fourth-order valence-electron chi connectivity index (χ4n) is 5.82. The van der Waals surface area contributed by atoms with Gasteiger partial charge in [-0.3, -0.25) is 4.79 Å². The van der Waals surface area contributed by atoms with Crippen LogP contribution < -0.4 is 10.1 Å². The molecule has 4 aliphatic carbocycles. The fraction of sp³-hybridized carbons (Fsp3) is 0.667. The molecule has 4 saturated carbocycles. The molecule has 4 fully saturated rings. The van der Waals surface area contributed by atoms with Crippen LogP contribution in [-0.4, -0.2) is 30.3 Å². The first kappa shape index (κ1) is 19.4. The summed E-state index contributed by atoms with van der Waals surface area (Å²) < 4.78 is 5.66. The van der Waals surface area contributed by atoms with Gasteiger partial charge in [-0.05, 0) is 79.9 Å². The Morgan fingerprint density at radius 3 is 2.78 bits per heavy atom. The lowest BCUT2D eigenvalue weighted by molar-refractivity contribution is -0.129. The molecule has 4 bridgehead atoms. The minimum absolute atomic E-state index is 0.0926. The molecule has 4 nitrogen and oxygen atoms in total. The van der Waals surface area contributed by atoms with Gasteiger partial charge in [-0.1, -0.05) is 23.2 Å². The summed E-state index contributed by atoms with van der Waals surface area (Å²) in [6.07, 6.45) is 5.94. The number of hydrogen-bond acceptors (Lipinski definition) is 3. The number of carbonyl (C=O) groups is 1. The zero-order valence-electron chi connectivity index (χ0n) is 15.4. The number of ether oxygens (including phenoxy) is 1. The molecule has 6 atom stereocenters. The van der Waals surface area contributed by atoms with E-state index < -0.39 is 0 Å². The molecule has 0 spiro atoms. The van der Waals surface area contributed by atoms with Gasteiger partial charge in [0.25, 0.3) is 0 Å². The molecular formula is C21H27Cl2NO3. The van der Waals surface area contributed by atoms with Gasteiger partial charge in [-0.15, -0.1) is 0 Å². The molecular weight excluding hydrogens is 385 g/mol. The van der Waals surface area contributed by atoms with Crippen molar-refractivity contribution in [2.75, 3.05) is 13.2 Å². The van der Waals surface area contributed by atoms with E-state index in [4.69, 9.17) is 27.9 Å². The Morgan fingerprint density at radius 2 is 2.00 bits per heavy atom. The van der Waals surface area contributed by atoms with Crippen LogP contribution in [0.4, 0.5) is 0 Å². The highest BCUT2D eigenvalue weighted by molar-refractivity contribution is 6.35. The first-order valence-corrected chi connectivity index (χ1v) is 10.8. The minimum atomic E-state index is 0.0926. The van der Waals surface area contributed by atoms with Gasteiger partial charge in [-0.25, -0.2) is 0 Å². The van der Waals surface area contributed by atoms with Crippen LogP contribution >= 0.6 is 23.2 Å². The molecule has 0 aromatic heterocycles. The van der Waals surface area contributed by atoms with Crippen molar-refractivity contribution in [3.8, 4) is 5.75 Å². The third-order valence-electron chi connectivity index (χ3n) is 6.85. The predicted octanol–water partition coefficient (Wildman–Crippen LogP) is 4.31. The summed E-state index contributed by atoms with van der Waals surface area (Å²) in [7, 11) is 0. The van der Waals surface area contributed by atoms with Gasteiger partial charge in [0.05, 0.1) is 11.6 Å². The topological polar surface area (TPSA) is 58.6 Å². The van der Waals surface area contributed by atoms with E-state index in [1.165, 1.54) is 25.7 Å². The maximum atomic E-state index is 12.5. The SMILES string of the molecule is O=C(CCCOc1ccc(Cl)cc1Cl)NC1[C@H]2C[C@@H]3C[C@H](C2)C(CO)[C@H]1C3. The molecule has 0 saturated heterocycles. The molecule has 148 valence electrons. The molecule has 2 N–H and O–H groups in total. The number of aliphatic hydroxyl groups is 1. The van der Waals surface area contributed by atoms with Gasteiger partial charge in [0.2, 0.25) is 5.91 Å². The van der Waals surface area contributed by atoms with E-state index in [1.807, 2.05) is 0 Å². The normalized spacial score (nSPS) is 33.9. The Balaban J connectivity index is 1.25. The molecule has 1 amide bonds. The molecule has 1 aromatic rings. The Labute approximate surface area is 170 Å². The molecule has 0 radical (unpaired) electrons. The van der Waals surface area contributed by atoms with Crippen molar-refractivity contribution in [2.45, 2.75) is 44.6 Å². The van der Waals surface area contributed by atoms with Crippen molar-refractivity contribution in [3.63, 3.8) is 0 Å². The maximum Gasteiger partial charge on any atom is 0.220 e. The summed E-state index contributed by atoms with van der Waals surface area (Å²) in [5.41, 5.74) is 0. The Kier molecular flexibility index (Phi) is 5.86. The number of rotatable bonds is 7. The van der Waals surface area contributed by atoms with E-state index in [2.05, 4.69) is 5.32 Å². The lowest BCUT2D eigenvalue weighted by Gasteiger charge is -2.58. The van der Waals surface area contributed by atoms with Gasteiger partial charge in [0.1, 0.15) is 5.75 Å². The maximum absolute atomic E-state index is 12.5. The Hall–Kier alpha value is -0.970. The number of amides is 1. The Bertz CT molecular complexity index is 698. The van der Waals surface area contributed by atoms with Gasteiger partial charge in [0, 0.05) is 24.1 Å². The molecule has 1 aromatic carbocycles. The largest absolute Gasteiger partial charge is 0.492 e. The number of aliphatic hydroxyl groups excluding tert-OH is 1. The van der Waals surface area contributed by atoms with Crippen LogP contribution in [0.3, 0.4) is 0 Å². The predicted molar refractivity (Wildman–Crippen MR) is 106 cm³/mol. The number of hydrogen-bond donors (Lipinski definition) is 2. The second-order valence-corrected chi connectivity index (χ2v) is 9.30. The van der Waals surface area contributed by atoms with Crippen LogP contribution in [0, 0.1) is 29.6 Å². The Morgan fingerprint density at radius 1 is 1.19 bits per heavy atom. The van der Waals surface area contributed by atoms with Crippen molar-refractivity contribution in [3.05, 3.63) is 28.2 Å². The summed E-state index contributed by atoms with van der Waals surface area (Å²) in [5.74, 6) is 3.60. The van der Waals surface area contributed by atoms with Crippen molar-refractivity contribution in [2.24, 2.45) is 29.6 Å². The second-order valence-electron chi connectivity index (χ2n) is 8.46. The van der Waals surface area contributed by atoms with Crippen LogP contribution in [0.25, 0.3) is 0 Å². The van der Waals surface area contributed by atoms with Crippen LogP contribution in [-0.2, 0) is 4.79 Å². The van der Waals surface area contributed by atoms with Gasteiger partial charge < -0.3 is 15.2 Å². The summed E-state index contributed by atoms with van der Waals surface area (Å²) in [4.78, 5) is 12.5. The highest BCUT2D eigenvalue weighted by Gasteiger charge is 2.53. The van der Waals surface area contributed by atoms with E-state index in [9.17, 15) is 9.90 Å². The molecule has 4 aliphatic rings. The zero-order chi connectivity index (χ0) is 19.0. The third kappa shape index (κ3) is 4.08. The summed E-state index contributed by atoms with van der Waals surface area (Å²) in [6.45, 7) is 0.701. The summed E-state index contributed by atoms with van der Waals surface area (Å²) in [6, 6.07) is 5.37. The summed E-state index contributed by atoms with van der Waals surface area (Å²) >= 11 is 12.0.